The Morgan fingerprint density at radius 2 is 2.00 bits per heavy atom. The monoisotopic (exact) mass is 285 g/mol. The molecule has 1 aromatic rings. The molecule has 0 radical (unpaired) electrons. The van der Waals surface area contributed by atoms with Crippen LogP contribution in [0.2, 0.25) is 0 Å². The van der Waals surface area contributed by atoms with Crippen LogP contribution in [0.3, 0.4) is 0 Å². The van der Waals surface area contributed by atoms with E-state index in [1.165, 1.54) is 5.56 Å². The first-order valence-corrected chi connectivity index (χ1v) is 6.38. The lowest BCUT2D eigenvalue weighted by Crippen LogP contribution is -2.31. The van der Waals surface area contributed by atoms with Crippen molar-refractivity contribution < 1.29 is 0 Å². The Balaban J connectivity index is 2.46. The van der Waals surface area contributed by atoms with E-state index in [9.17, 15) is 0 Å². The van der Waals surface area contributed by atoms with Crippen LogP contribution in [0.5, 0.6) is 0 Å². The van der Waals surface area contributed by atoms with Crippen LogP contribution in [0.1, 0.15) is 12.5 Å². The molecule has 0 aliphatic carbocycles. The summed E-state index contributed by atoms with van der Waals surface area (Å²) in [6.45, 7) is 6.44. The van der Waals surface area contributed by atoms with Crippen LogP contribution in [0, 0.1) is 0 Å². The highest BCUT2D eigenvalue weighted by Crippen LogP contribution is 2.08. The molecule has 1 heterocycles. The number of hydrogen-bond donors (Lipinski definition) is 0. The summed E-state index contributed by atoms with van der Waals surface area (Å²) in [6.07, 6.45) is 1.93. The van der Waals surface area contributed by atoms with Crippen molar-refractivity contribution >= 4 is 15.9 Å². The average molecular weight is 286 g/mol. The molecule has 0 unspecified atom stereocenters. The molecule has 90 valence electrons. The smallest absolute Gasteiger partial charge is 0.106 e. The molecule has 1 aromatic heterocycles. The molecule has 0 N–H and O–H groups in total. The van der Waals surface area contributed by atoms with E-state index in [0.29, 0.717) is 0 Å². The first-order chi connectivity index (χ1) is 7.61. The standard InChI is InChI=1S/C12H20BrN3/c1-4-16(8-7-15(2)3)10-11-5-6-12(13)14-9-11/h5-6,9H,4,7-8,10H2,1-3H3. The summed E-state index contributed by atoms with van der Waals surface area (Å²) in [7, 11) is 4.21. The van der Waals surface area contributed by atoms with Crippen molar-refractivity contribution in [2.24, 2.45) is 0 Å². The molecular formula is C12H20BrN3. The van der Waals surface area contributed by atoms with Gasteiger partial charge in [0.15, 0.2) is 0 Å². The number of nitrogens with zero attached hydrogens (tertiary/aromatic N) is 3. The lowest BCUT2D eigenvalue weighted by Gasteiger charge is -2.22. The lowest BCUT2D eigenvalue weighted by molar-refractivity contribution is 0.244. The van der Waals surface area contributed by atoms with Gasteiger partial charge in [-0.25, -0.2) is 4.98 Å². The van der Waals surface area contributed by atoms with Gasteiger partial charge in [-0.1, -0.05) is 13.0 Å². The molecule has 3 nitrogen and oxygen atoms in total. The first kappa shape index (κ1) is 13.6. The van der Waals surface area contributed by atoms with Gasteiger partial charge in [-0.3, -0.25) is 4.90 Å². The second-order valence-electron chi connectivity index (χ2n) is 4.16. The highest BCUT2D eigenvalue weighted by molar-refractivity contribution is 9.10. The normalized spacial score (nSPS) is 11.4. The van der Waals surface area contributed by atoms with Crippen molar-refractivity contribution in [3.8, 4) is 0 Å². The zero-order valence-electron chi connectivity index (χ0n) is 10.3. The second kappa shape index (κ2) is 6.99. The molecule has 0 aliphatic rings. The Morgan fingerprint density at radius 3 is 2.50 bits per heavy atom. The van der Waals surface area contributed by atoms with Crippen LogP contribution >= 0.6 is 15.9 Å². The summed E-state index contributed by atoms with van der Waals surface area (Å²) in [4.78, 5) is 8.87. The highest BCUT2D eigenvalue weighted by atomic mass is 79.9. The Kier molecular flexibility index (Phi) is 5.95. The van der Waals surface area contributed by atoms with Crippen molar-refractivity contribution in [2.45, 2.75) is 13.5 Å². The third kappa shape index (κ3) is 5.05. The summed E-state index contributed by atoms with van der Waals surface area (Å²) in [5.41, 5.74) is 1.27. The van der Waals surface area contributed by atoms with Gasteiger partial charge in [0.05, 0.1) is 0 Å². The molecule has 4 heteroatoms. The molecule has 0 atom stereocenters. The van der Waals surface area contributed by atoms with Gasteiger partial charge in [0.1, 0.15) is 4.60 Å². The molecule has 0 amide bonds. The average Bonchev–Trinajstić information content (AvgIpc) is 2.26. The van der Waals surface area contributed by atoms with E-state index >= 15 is 0 Å². The number of halogens is 1. The lowest BCUT2D eigenvalue weighted by atomic mass is 10.2. The van der Waals surface area contributed by atoms with Gasteiger partial charge in [-0.2, -0.15) is 0 Å². The summed E-state index contributed by atoms with van der Waals surface area (Å²) >= 11 is 3.35. The molecule has 0 aliphatic heterocycles. The fourth-order valence-electron chi connectivity index (χ4n) is 1.45. The van der Waals surface area contributed by atoms with Crippen molar-refractivity contribution in [2.75, 3.05) is 33.7 Å². The molecule has 16 heavy (non-hydrogen) atoms. The number of likely N-dealkylation sites (N-methyl/N-ethyl adjacent to an activating group) is 2. The van der Waals surface area contributed by atoms with Crippen molar-refractivity contribution in [1.82, 2.24) is 14.8 Å². The van der Waals surface area contributed by atoms with Gasteiger partial charge >= 0.3 is 0 Å². The van der Waals surface area contributed by atoms with Gasteiger partial charge in [-0.15, -0.1) is 0 Å². The molecule has 0 aromatic carbocycles. The number of rotatable bonds is 6. The molecule has 1 rings (SSSR count). The maximum atomic E-state index is 4.24. The van der Waals surface area contributed by atoms with Crippen molar-refractivity contribution in [1.29, 1.82) is 0 Å². The topological polar surface area (TPSA) is 19.4 Å². The highest BCUT2D eigenvalue weighted by Gasteiger charge is 2.04. The van der Waals surface area contributed by atoms with Crippen LogP contribution < -0.4 is 0 Å². The summed E-state index contributed by atoms with van der Waals surface area (Å²) in [5, 5.41) is 0. The molecule has 0 saturated heterocycles. The Hall–Kier alpha value is -0.450. The zero-order chi connectivity index (χ0) is 12.0. The minimum atomic E-state index is 0.896. The van der Waals surface area contributed by atoms with Crippen LogP contribution in [0.4, 0.5) is 0 Å². The third-order valence-corrected chi connectivity index (χ3v) is 2.97. The summed E-state index contributed by atoms with van der Waals surface area (Å²) < 4.78 is 0.896. The molecule has 0 saturated carbocycles. The summed E-state index contributed by atoms with van der Waals surface area (Å²) in [5.74, 6) is 0. The van der Waals surface area contributed by atoms with E-state index in [-0.39, 0.29) is 0 Å². The minimum Gasteiger partial charge on any atom is -0.308 e. The summed E-state index contributed by atoms with van der Waals surface area (Å²) in [6, 6.07) is 4.12. The van der Waals surface area contributed by atoms with E-state index in [2.05, 4.69) is 57.8 Å². The van der Waals surface area contributed by atoms with Gasteiger partial charge in [-0.05, 0) is 48.2 Å². The van der Waals surface area contributed by atoms with E-state index < -0.39 is 0 Å². The Labute approximate surface area is 107 Å². The minimum absolute atomic E-state index is 0.896. The number of pyridine rings is 1. The molecule has 0 fully saturated rings. The third-order valence-electron chi connectivity index (χ3n) is 2.51. The fraction of sp³-hybridized carbons (Fsp3) is 0.583. The number of aromatic nitrogens is 1. The van der Waals surface area contributed by atoms with Gasteiger partial charge < -0.3 is 4.90 Å². The van der Waals surface area contributed by atoms with Crippen LogP contribution in [-0.4, -0.2) is 48.5 Å². The predicted octanol–water partition coefficient (Wildman–Crippen LogP) is 2.23. The number of hydrogen-bond acceptors (Lipinski definition) is 3. The van der Waals surface area contributed by atoms with Crippen molar-refractivity contribution in [3.05, 3.63) is 28.5 Å². The van der Waals surface area contributed by atoms with Gasteiger partial charge in [0, 0.05) is 25.8 Å². The quantitative estimate of drug-likeness (QED) is 0.748. The maximum absolute atomic E-state index is 4.24. The van der Waals surface area contributed by atoms with Crippen LogP contribution in [-0.2, 0) is 6.54 Å². The Morgan fingerprint density at radius 1 is 1.25 bits per heavy atom. The van der Waals surface area contributed by atoms with E-state index in [1.807, 2.05) is 12.3 Å². The zero-order valence-corrected chi connectivity index (χ0v) is 11.9. The first-order valence-electron chi connectivity index (χ1n) is 5.59. The predicted molar refractivity (Wildman–Crippen MR) is 71.4 cm³/mol. The second-order valence-corrected chi connectivity index (χ2v) is 4.97. The maximum Gasteiger partial charge on any atom is 0.106 e. The van der Waals surface area contributed by atoms with Gasteiger partial charge in [0.2, 0.25) is 0 Å². The van der Waals surface area contributed by atoms with Gasteiger partial charge in [0.25, 0.3) is 0 Å². The van der Waals surface area contributed by atoms with Crippen molar-refractivity contribution in [3.63, 3.8) is 0 Å². The van der Waals surface area contributed by atoms with E-state index in [0.717, 1.165) is 30.8 Å². The molecule has 0 bridgehead atoms. The molecule has 0 spiro atoms. The van der Waals surface area contributed by atoms with Crippen LogP contribution in [0.25, 0.3) is 0 Å². The fourth-order valence-corrected chi connectivity index (χ4v) is 1.68. The Bertz CT molecular complexity index is 298. The SMILES string of the molecule is CCN(CCN(C)C)Cc1ccc(Br)nc1. The van der Waals surface area contributed by atoms with E-state index in [1.54, 1.807) is 0 Å². The van der Waals surface area contributed by atoms with Crippen LogP contribution in [0.15, 0.2) is 22.9 Å². The van der Waals surface area contributed by atoms with E-state index in [4.69, 9.17) is 0 Å². The largest absolute Gasteiger partial charge is 0.308 e. The molecular weight excluding hydrogens is 266 g/mol.